The molecule has 0 saturated carbocycles. The Morgan fingerprint density at radius 2 is 1.43 bits per heavy atom. The summed E-state index contributed by atoms with van der Waals surface area (Å²) in [6.45, 7) is 5.80. The van der Waals surface area contributed by atoms with Crippen LogP contribution in [0.1, 0.15) is 133 Å². The first kappa shape index (κ1) is 31.3. The van der Waals surface area contributed by atoms with E-state index >= 15 is 0 Å². The van der Waals surface area contributed by atoms with E-state index in [2.05, 4.69) is 33.3 Å². The third kappa shape index (κ3) is 12.0. The van der Waals surface area contributed by atoms with E-state index in [9.17, 15) is 9.59 Å². The van der Waals surface area contributed by atoms with Crippen molar-refractivity contribution in [3.05, 3.63) is 29.8 Å². The molecule has 1 aromatic rings. The SMILES string of the molecule is CCCCCCCCCCCCCCCCC(C)NC(=O)c1ccccc1[N+](C)(C)CN1CCCC1=O. The van der Waals surface area contributed by atoms with Crippen LogP contribution in [0.5, 0.6) is 0 Å². The van der Waals surface area contributed by atoms with Gasteiger partial charge in [-0.2, -0.15) is 0 Å². The van der Waals surface area contributed by atoms with Gasteiger partial charge in [0.05, 0.1) is 14.1 Å². The standard InChI is InChI=1S/C32H55N3O2/c1-5-6-7-8-9-10-11-12-13-14-15-16-17-18-22-28(2)33-32(37)29-23-19-20-24-30(29)35(3,4)27-34-26-21-25-31(34)36/h19-20,23-24,28H,5-18,21-22,25-27H2,1-4H3/p+1. The van der Waals surface area contributed by atoms with Gasteiger partial charge in [0, 0.05) is 25.1 Å². The smallest absolute Gasteiger partial charge is 0.257 e. The van der Waals surface area contributed by atoms with Crippen LogP contribution in [0.3, 0.4) is 0 Å². The number of carbonyl (C=O) groups is 2. The van der Waals surface area contributed by atoms with Crippen LogP contribution in [0, 0.1) is 0 Å². The summed E-state index contributed by atoms with van der Waals surface area (Å²) in [7, 11) is 4.16. The molecule has 1 atom stereocenters. The second-order valence-corrected chi connectivity index (χ2v) is 11.9. The lowest BCUT2D eigenvalue weighted by Gasteiger charge is -2.34. The molecule has 210 valence electrons. The van der Waals surface area contributed by atoms with Crippen LogP contribution in [-0.4, -0.2) is 50.1 Å². The highest BCUT2D eigenvalue weighted by Crippen LogP contribution is 2.26. The van der Waals surface area contributed by atoms with E-state index in [1.807, 2.05) is 29.2 Å². The molecule has 0 spiro atoms. The van der Waals surface area contributed by atoms with Crippen molar-refractivity contribution in [2.45, 2.75) is 129 Å². The Kier molecular flexibility index (Phi) is 14.9. The number of rotatable bonds is 20. The fourth-order valence-electron chi connectivity index (χ4n) is 5.57. The number of hydrogen-bond acceptors (Lipinski definition) is 2. The minimum Gasteiger partial charge on any atom is -0.349 e. The molecular formula is C32H56N3O2+. The molecule has 1 aromatic carbocycles. The van der Waals surface area contributed by atoms with Gasteiger partial charge in [0.2, 0.25) is 5.91 Å². The van der Waals surface area contributed by atoms with Gasteiger partial charge in [0.25, 0.3) is 5.91 Å². The van der Waals surface area contributed by atoms with Crippen molar-refractivity contribution in [2.75, 3.05) is 27.3 Å². The predicted octanol–water partition coefficient (Wildman–Crippen LogP) is 7.82. The van der Waals surface area contributed by atoms with E-state index in [1.54, 1.807) is 0 Å². The van der Waals surface area contributed by atoms with E-state index in [0.29, 0.717) is 23.1 Å². The van der Waals surface area contributed by atoms with Gasteiger partial charge in [-0.05, 0) is 25.8 Å². The maximum absolute atomic E-state index is 13.2. The molecule has 0 radical (unpaired) electrons. The van der Waals surface area contributed by atoms with Crippen molar-refractivity contribution >= 4 is 17.5 Å². The highest BCUT2D eigenvalue weighted by molar-refractivity contribution is 5.99. The third-order valence-corrected chi connectivity index (χ3v) is 7.86. The van der Waals surface area contributed by atoms with Gasteiger partial charge in [0.1, 0.15) is 11.3 Å². The second kappa shape index (κ2) is 17.6. The Hall–Kier alpha value is -1.88. The molecule has 1 N–H and O–H groups in total. The van der Waals surface area contributed by atoms with Gasteiger partial charge >= 0.3 is 0 Å². The van der Waals surface area contributed by atoms with Crippen molar-refractivity contribution in [1.82, 2.24) is 14.7 Å². The topological polar surface area (TPSA) is 49.4 Å². The van der Waals surface area contributed by atoms with E-state index in [1.165, 1.54) is 89.9 Å². The number of nitrogens with zero attached hydrogens (tertiary/aromatic N) is 2. The van der Waals surface area contributed by atoms with E-state index in [0.717, 1.165) is 25.1 Å². The lowest BCUT2D eigenvalue weighted by atomic mass is 10.0. The van der Waals surface area contributed by atoms with Gasteiger partial charge in [-0.1, -0.05) is 109 Å². The second-order valence-electron chi connectivity index (χ2n) is 11.9. The number of unbranched alkanes of at least 4 members (excludes halogenated alkanes) is 13. The van der Waals surface area contributed by atoms with E-state index in [4.69, 9.17) is 0 Å². The summed E-state index contributed by atoms with van der Waals surface area (Å²) < 4.78 is 0.489. The molecule has 5 nitrogen and oxygen atoms in total. The molecule has 1 unspecified atom stereocenters. The summed E-state index contributed by atoms with van der Waals surface area (Å²) in [6, 6.07) is 8.01. The lowest BCUT2D eigenvalue weighted by molar-refractivity contribution is -0.129. The Morgan fingerprint density at radius 3 is 1.97 bits per heavy atom. The molecule has 2 amide bonds. The zero-order valence-corrected chi connectivity index (χ0v) is 24.5. The molecule has 1 saturated heterocycles. The predicted molar refractivity (Wildman–Crippen MR) is 158 cm³/mol. The first-order valence-corrected chi connectivity index (χ1v) is 15.4. The fourth-order valence-corrected chi connectivity index (χ4v) is 5.57. The molecule has 1 aliphatic heterocycles. The zero-order chi connectivity index (χ0) is 26.9. The first-order valence-electron chi connectivity index (χ1n) is 15.4. The first-order chi connectivity index (χ1) is 17.8. The number of para-hydroxylation sites is 1. The van der Waals surface area contributed by atoms with E-state index < -0.39 is 0 Å². The van der Waals surface area contributed by atoms with Crippen LogP contribution in [0.4, 0.5) is 5.69 Å². The Bertz CT molecular complexity index is 792. The average Bonchev–Trinajstić information content (AvgIpc) is 3.27. The highest BCUT2D eigenvalue weighted by atomic mass is 16.2. The number of amides is 2. The minimum atomic E-state index is -0.00703. The normalized spacial score (nSPS) is 14.8. The molecule has 2 rings (SSSR count). The molecule has 37 heavy (non-hydrogen) atoms. The van der Waals surface area contributed by atoms with E-state index in [-0.39, 0.29) is 17.9 Å². The lowest BCUT2D eigenvalue weighted by Crippen LogP contribution is -2.51. The van der Waals surface area contributed by atoms with Crippen molar-refractivity contribution in [2.24, 2.45) is 0 Å². The summed E-state index contributed by atoms with van der Waals surface area (Å²) in [4.78, 5) is 27.3. The average molecular weight is 515 g/mol. The Balaban J connectivity index is 1.61. The fraction of sp³-hybridized carbons (Fsp3) is 0.750. The number of quaternary nitrogens is 1. The van der Waals surface area contributed by atoms with Crippen LogP contribution in [0.15, 0.2) is 24.3 Å². The Labute approximate surface area is 228 Å². The van der Waals surface area contributed by atoms with Crippen LogP contribution < -0.4 is 9.80 Å². The maximum atomic E-state index is 13.2. The molecule has 5 heteroatoms. The number of carbonyl (C=O) groups excluding carboxylic acids is 2. The number of benzene rings is 1. The van der Waals surface area contributed by atoms with Crippen LogP contribution in [-0.2, 0) is 4.79 Å². The Morgan fingerprint density at radius 1 is 0.892 bits per heavy atom. The van der Waals surface area contributed by atoms with Gasteiger partial charge in [-0.3, -0.25) is 19.0 Å². The van der Waals surface area contributed by atoms with Gasteiger partial charge in [0.15, 0.2) is 6.67 Å². The van der Waals surface area contributed by atoms with Crippen LogP contribution in [0.2, 0.25) is 0 Å². The molecule has 1 fully saturated rings. The van der Waals surface area contributed by atoms with Crippen molar-refractivity contribution < 1.29 is 9.59 Å². The largest absolute Gasteiger partial charge is 0.349 e. The van der Waals surface area contributed by atoms with Gasteiger partial charge in [-0.25, -0.2) is 0 Å². The molecule has 1 heterocycles. The summed E-state index contributed by atoms with van der Waals surface area (Å²) in [5.41, 5.74) is 1.68. The third-order valence-electron chi connectivity index (χ3n) is 7.86. The van der Waals surface area contributed by atoms with Crippen molar-refractivity contribution in [3.8, 4) is 0 Å². The van der Waals surface area contributed by atoms with Crippen molar-refractivity contribution in [1.29, 1.82) is 0 Å². The number of nitrogens with one attached hydrogen (secondary N) is 1. The molecule has 0 aliphatic carbocycles. The minimum absolute atomic E-state index is 0.00703. The number of likely N-dealkylation sites (tertiary alicyclic amines) is 1. The number of hydrogen-bond donors (Lipinski definition) is 1. The zero-order valence-electron chi connectivity index (χ0n) is 24.5. The van der Waals surface area contributed by atoms with Crippen LogP contribution >= 0.6 is 0 Å². The maximum Gasteiger partial charge on any atom is 0.257 e. The summed E-state index contributed by atoms with van der Waals surface area (Å²) >= 11 is 0. The summed E-state index contributed by atoms with van der Waals surface area (Å²) in [5.74, 6) is 0.210. The van der Waals surface area contributed by atoms with Crippen LogP contribution in [0.25, 0.3) is 0 Å². The summed E-state index contributed by atoms with van der Waals surface area (Å²) in [5, 5.41) is 3.23. The highest BCUT2D eigenvalue weighted by Gasteiger charge is 2.32. The monoisotopic (exact) mass is 514 g/mol. The molecule has 0 aromatic heterocycles. The van der Waals surface area contributed by atoms with Gasteiger partial charge < -0.3 is 5.32 Å². The molecular weight excluding hydrogens is 458 g/mol. The summed E-state index contributed by atoms with van der Waals surface area (Å²) in [6.07, 6.45) is 21.7. The molecule has 1 aliphatic rings. The molecule has 0 bridgehead atoms. The van der Waals surface area contributed by atoms with Gasteiger partial charge in [-0.15, -0.1) is 0 Å². The van der Waals surface area contributed by atoms with Crippen molar-refractivity contribution in [3.63, 3.8) is 0 Å². The quantitative estimate of drug-likeness (QED) is 0.142.